The van der Waals surface area contributed by atoms with Crippen molar-refractivity contribution in [2.24, 2.45) is 0 Å². The third-order valence-corrected chi connectivity index (χ3v) is 4.59. The van der Waals surface area contributed by atoms with Gasteiger partial charge in [-0.05, 0) is 51.5 Å². The number of carbonyl (C=O) groups is 3. The highest BCUT2D eigenvalue weighted by Crippen LogP contribution is 2.36. The van der Waals surface area contributed by atoms with Gasteiger partial charge < -0.3 is 9.64 Å². The van der Waals surface area contributed by atoms with Crippen molar-refractivity contribution in [2.45, 2.75) is 51.6 Å². The van der Waals surface area contributed by atoms with Crippen LogP contribution in [0, 0.1) is 0 Å². The van der Waals surface area contributed by atoms with E-state index in [0.29, 0.717) is 17.9 Å². The van der Waals surface area contributed by atoms with E-state index in [9.17, 15) is 14.4 Å². The van der Waals surface area contributed by atoms with E-state index in [1.54, 1.807) is 35.2 Å². The molecule has 6 heteroatoms. The van der Waals surface area contributed by atoms with E-state index in [-0.39, 0.29) is 18.3 Å². The fourth-order valence-corrected chi connectivity index (χ4v) is 3.79. The van der Waals surface area contributed by atoms with Gasteiger partial charge in [0.05, 0.1) is 0 Å². The van der Waals surface area contributed by atoms with Crippen LogP contribution in [-0.2, 0) is 19.1 Å². The highest BCUT2D eigenvalue weighted by Gasteiger charge is 2.47. The molecule has 1 heterocycles. The predicted molar refractivity (Wildman–Crippen MR) is 101 cm³/mol. The minimum absolute atomic E-state index is 0.131. The monoisotopic (exact) mass is 377 g/mol. The van der Waals surface area contributed by atoms with Gasteiger partial charge in [0.1, 0.15) is 5.78 Å². The van der Waals surface area contributed by atoms with Crippen LogP contribution in [-0.4, -0.2) is 40.2 Å². The van der Waals surface area contributed by atoms with Crippen LogP contribution in [0.2, 0.25) is 5.02 Å². The number of hydrogen-bond donors (Lipinski definition) is 0. The third kappa shape index (κ3) is 4.94. The van der Waals surface area contributed by atoms with Crippen LogP contribution in [0.25, 0.3) is 6.08 Å². The molecule has 26 heavy (non-hydrogen) atoms. The van der Waals surface area contributed by atoms with Crippen LogP contribution in [0.15, 0.2) is 30.3 Å². The number of carbonyl (C=O) groups excluding carboxylic acids is 3. The van der Waals surface area contributed by atoms with Gasteiger partial charge in [-0.1, -0.05) is 23.7 Å². The normalized spacial score (nSPS) is 18.8. The molecular weight excluding hydrogens is 354 g/mol. The number of benzene rings is 1. The van der Waals surface area contributed by atoms with Gasteiger partial charge in [-0.2, -0.15) is 0 Å². The number of rotatable bonds is 4. The third-order valence-electron chi connectivity index (χ3n) is 4.34. The van der Waals surface area contributed by atoms with E-state index in [0.717, 1.165) is 5.56 Å². The Morgan fingerprint density at radius 3 is 2.19 bits per heavy atom. The Morgan fingerprint density at radius 2 is 1.65 bits per heavy atom. The summed E-state index contributed by atoms with van der Waals surface area (Å²) < 4.78 is 5.09. The quantitative estimate of drug-likeness (QED) is 0.593. The number of Topliss-reactive ketones (excluding diaryl/α,β-unsaturated/α-hetero) is 1. The molecule has 1 aromatic carbocycles. The fraction of sp³-hybridized carbons (Fsp3) is 0.450. The molecule has 1 aliphatic rings. The average molecular weight is 378 g/mol. The Kier molecular flexibility index (Phi) is 5.91. The second-order valence-electron chi connectivity index (χ2n) is 7.74. The first-order chi connectivity index (χ1) is 12.0. The van der Waals surface area contributed by atoms with Gasteiger partial charge in [-0.15, -0.1) is 0 Å². The highest BCUT2D eigenvalue weighted by molar-refractivity contribution is 6.30. The van der Waals surface area contributed by atoms with Crippen molar-refractivity contribution < 1.29 is 19.1 Å². The molecule has 1 saturated heterocycles. The van der Waals surface area contributed by atoms with Gasteiger partial charge in [0.15, 0.2) is 6.61 Å². The van der Waals surface area contributed by atoms with E-state index in [1.165, 1.54) is 6.08 Å². The summed E-state index contributed by atoms with van der Waals surface area (Å²) in [4.78, 5) is 38.1. The standard InChI is InChI=1S/C20H24ClNO4/c1-19(2)11-16(23)12-20(3,4)22(19)17(24)13-26-18(25)10-7-14-5-8-15(21)9-6-14/h5-10H,11-13H2,1-4H3/b10-7+. The first-order valence-electron chi connectivity index (χ1n) is 8.46. The largest absolute Gasteiger partial charge is 0.452 e. The zero-order chi connectivity index (χ0) is 19.5. The molecule has 1 fully saturated rings. The van der Waals surface area contributed by atoms with Crippen LogP contribution in [0.3, 0.4) is 0 Å². The van der Waals surface area contributed by atoms with Crippen molar-refractivity contribution in [2.75, 3.05) is 6.61 Å². The summed E-state index contributed by atoms with van der Waals surface area (Å²) in [6.07, 6.45) is 3.46. The van der Waals surface area contributed by atoms with Crippen molar-refractivity contribution in [3.63, 3.8) is 0 Å². The minimum atomic E-state index is -0.610. The van der Waals surface area contributed by atoms with E-state index in [1.807, 2.05) is 27.7 Å². The first kappa shape index (κ1) is 20.2. The maximum Gasteiger partial charge on any atom is 0.331 e. The molecule has 0 aliphatic carbocycles. The highest BCUT2D eigenvalue weighted by atomic mass is 35.5. The summed E-state index contributed by atoms with van der Waals surface area (Å²) in [6.45, 7) is 7.06. The van der Waals surface area contributed by atoms with Crippen LogP contribution in [0.5, 0.6) is 0 Å². The molecule has 0 bridgehead atoms. The minimum Gasteiger partial charge on any atom is -0.452 e. The van der Waals surface area contributed by atoms with E-state index >= 15 is 0 Å². The zero-order valence-electron chi connectivity index (χ0n) is 15.5. The molecule has 1 aliphatic heterocycles. The van der Waals surface area contributed by atoms with Crippen LogP contribution in [0.1, 0.15) is 46.1 Å². The molecule has 2 rings (SSSR count). The number of ketones is 1. The number of hydrogen-bond acceptors (Lipinski definition) is 4. The second-order valence-corrected chi connectivity index (χ2v) is 8.18. The summed E-state index contributed by atoms with van der Waals surface area (Å²) in [7, 11) is 0. The number of nitrogens with zero attached hydrogens (tertiary/aromatic N) is 1. The lowest BCUT2D eigenvalue weighted by atomic mass is 9.79. The molecule has 0 spiro atoms. The summed E-state index contributed by atoms with van der Waals surface area (Å²) >= 11 is 5.81. The summed E-state index contributed by atoms with van der Waals surface area (Å²) in [5.74, 6) is -0.773. The molecule has 0 unspecified atom stereocenters. The fourth-order valence-electron chi connectivity index (χ4n) is 3.66. The number of ether oxygens (including phenoxy) is 1. The smallest absolute Gasteiger partial charge is 0.331 e. The Labute approximate surface area is 159 Å². The number of halogens is 1. The van der Waals surface area contributed by atoms with Crippen molar-refractivity contribution >= 4 is 35.3 Å². The van der Waals surface area contributed by atoms with Crippen molar-refractivity contribution in [3.8, 4) is 0 Å². The van der Waals surface area contributed by atoms with Crippen molar-refractivity contribution in [1.82, 2.24) is 4.90 Å². The first-order valence-corrected chi connectivity index (χ1v) is 8.84. The lowest BCUT2D eigenvalue weighted by molar-refractivity contribution is -0.161. The number of esters is 1. The van der Waals surface area contributed by atoms with E-state index in [2.05, 4.69) is 0 Å². The van der Waals surface area contributed by atoms with Crippen molar-refractivity contribution in [3.05, 3.63) is 40.9 Å². The lowest BCUT2D eigenvalue weighted by Crippen LogP contribution is -2.63. The van der Waals surface area contributed by atoms with Gasteiger partial charge >= 0.3 is 5.97 Å². The number of amides is 1. The van der Waals surface area contributed by atoms with Gasteiger partial charge in [0.2, 0.25) is 0 Å². The van der Waals surface area contributed by atoms with Crippen molar-refractivity contribution in [1.29, 1.82) is 0 Å². The Bertz CT molecular complexity index is 715. The Morgan fingerprint density at radius 1 is 1.12 bits per heavy atom. The maximum atomic E-state index is 12.7. The maximum absolute atomic E-state index is 12.7. The van der Waals surface area contributed by atoms with Gasteiger partial charge in [0, 0.05) is 35.0 Å². The SMILES string of the molecule is CC1(C)CC(=O)CC(C)(C)N1C(=O)COC(=O)/C=C/c1ccc(Cl)cc1. The number of piperidine rings is 1. The summed E-state index contributed by atoms with van der Waals surface area (Å²) in [5, 5.41) is 0.612. The topological polar surface area (TPSA) is 63.7 Å². The molecule has 0 aromatic heterocycles. The molecule has 1 amide bonds. The Balaban J connectivity index is 1.97. The molecule has 5 nitrogen and oxygen atoms in total. The van der Waals surface area contributed by atoms with Gasteiger partial charge in [-0.25, -0.2) is 4.79 Å². The van der Waals surface area contributed by atoms with E-state index in [4.69, 9.17) is 16.3 Å². The lowest BCUT2D eigenvalue weighted by Gasteiger charge is -2.51. The average Bonchev–Trinajstić information content (AvgIpc) is 2.49. The van der Waals surface area contributed by atoms with Gasteiger partial charge in [-0.3, -0.25) is 9.59 Å². The zero-order valence-corrected chi connectivity index (χ0v) is 16.3. The predicted octanol–water partition coefficient (Wildman–Crippen LogP) is 3.65. The molecule has 0 radical (unpaired) electrons. The molecule has 140 valence electrons. The summed E-state index contributed by atoms with van der Waals surface area (Å²) in [6, 6.07) is 6.98. The van der Waals surface area contributed by atoms with Crippen LogP contribution >= 0.6 is 11.6 Å². The molecule has 0 atom stereocenters. The van der Waals surface area contributed by atoms with E-state index < -0.39 is 17.0 Å². The van der Waals surface area contributed by atoms with Crippen LogP contribution in [0.4, 0.5) is 0 Å². The molecule has 1 aromatic rings. The summed E-state index contributed by atoms with van der Waals surface area (Å²) in [5.41, 5.74) is -0.419. The second kappa shape index (κ2) is 7.62. The molecule has 0 N–H and O–H groups in total. The van der Waals surface area contributed by atoms with Gasteiger partial charge in [0.25, 0.3) is 5.91 Å². The number of likely N-dealkylation sites (tertiary alicyclic amines) is 1. The Hall–Kier alpha value is -2.14. The van der Waals surface area contributed by atoms with Crippen LogP contribution < -0.4 is 0 Å². The molecule has 0 saturated carbocycles. The molecular formula is C20H24ClNO4.